The lowest BCUT2D eigenvalue weighted by atomic mass is 10.0. The largest absolute Gasteiger partial charge is 0.417 e. The number of anilines is 1. The first kappa shape index (κ1) is 23.0. The summed E-state index contributed by atoms with van der Waals surface area (Å²) in [6.07, 6.45) is 3.09. The number of rotatable bonds is 6. The van der Waals surface area contributed by atoms with Crippen LogP contribution in [0.15, 0.2) is 61.3 Å². The minimum absolute atomic E-state index is 0.0569. The molecule has 7 nitrogen and oxygen atoms in total. The monoisotopic (exact) mass is 470 g/mol. The van der Waals surface area contributed by atoms with E-state index in [-0.39, 0.29) is 17.8 Å². The van der Waals surface area contributed by atoms with Crippen LogP contribution < -0.4 is 5.32 Å². The van der Waals surface area contributed by atoms with Gasteiger partial charge in [0.15, 0.2) is 0 Å². The van der Waals surface area contributed by atoms with E-state index in [0.717, 1.165) is 17.7 Å². The molecule has 4 rings (SSSR count). The molecular formula is C23H18F4N6O. The molecular weight excluding hydrogens is 452 g/mol. The van der Waals surface area contributed by atoms with Crippen LogP contribution in [0.3, 0.4) is 0 Å². The zero-order chi connectivity index (χ0) is 24.3. The maximum Gasteiger partial charge on any atom is 0.417 e. The smallest absolute Gasteiger partial charge is 0.310 e. The highest BCUT2D eigenvalue weighted by atomic mass is 19.4. The molecule has 0 bridgehead atoms. The zero-order valence-electron chi connectivity index (χ0n) is 17.8. The Morgan fingerprint density at radius 2 is 1.76 bits per heavy atom. The SMILES string of the molecule is Cn1cc(Cc2ncc(-c3ccc(CC(=O)Nc4ccc(C(F)(F)F)cn4)c(F)c3)cn2)cn1. The molecule has 1 amide bonds. The van der Waals surface area contributed by atoms with Crippen molar-refractivity contribution in [2.45, 2.75) is 19.0 Å². The first-order valence-electron chi connectivity index (χ1n) is 10.1. The van der Waals surface area contributed by atoms with Gasteiger partial charge in [0.05, 0.1) is 18.2 Å². The molecule has 11 heteroatoms. The minimum atomic E-state index is -4.52. The van der Waals surface area contributed by atoms with E-state index >= 15 is 0 Å². The van der Waals surface area contributed by atoms with Gasteiger partial charge >= 0.3 is 6.18 Å². The van der Waals surface area contributed by atoms with Crippen LogP contribution in [0, 0.1) is 5.82 Å². The van der Waals surface area contributed by atoms with Gasteiger partial charge in [0.1, 0.15) is 17.5 Å². The number of alkyl halides is 3. The van der Waals surface area contributed by atoms with Crippen molar-refractivity contribution in [2.75, 3.05) is 5.32 Å². The summed E-state index contributed by atoms with van der Waals surface area (Å²) in [6.45, 7) is 0. The van der Waals surface area contributed by atoms with Crippen LogP contribution in [0.2, 0.25) is 0 Å². The Balaban J connectivity index is 1.39. The number of carbonyl (C=O) groups is 1. The van der Waals surface area contributed by atoms with Gasteiger partial charge in [0, 0.05) is 43.8 Å². The number of pyridine rings is 1. The van der Waals surface area contributed by atoms with Gasteiger partial charge in [-0.15, -0.1) is 0 Å². The summed E-state index contributed by atoms with van der Waals surface area (Å²) in [6, 6.07) is 6.23. The fourth-order valence-corrected chi connectivity index (χ4v) is 3.21. The van der Waals surface area contributed by atoms with Crippen LogP contribution in [0.4, 0.5) is 23.4 Å². The van der Waals surface area contributed by atoms with Gasteiger partial charge < -0.3 is 5.32 Å². The lowest BCUT2D eigenvalue weighted by molar-refractivity contribution is -0.137. The molecule has 0 aliphatic rings. The summed E-state index contributed by atoms with van der Waals surface area (Å²) in [7, 11) is 1.82. The van der Waals surface area contributed by atoms with Crippen LogP contribution >= 0.6 is 0 Å². The molecule has 3 aromatic heterocycles. The van der Waals surface area contributed by atoms with Gasteiger partial charge in [-0.2, -0.15) is 18.3 Å². The second-order valence-corrected chi connectivity index (χ2v) is 7.55. The fraction of sp³-hybridized carbons (Fsp3) is 0.174. The average Bonchev–Trinajstić information content (AvgIpc) is 3.20. The molecule has 4 aromatic rings. The molecule has 0 saturated heterocycles. The van der Waals surface area contributed by atoms with Gasteiger partial charge in [-0.3, -0.25) is 9.48 Å². The molecule has 174 valence electrons. The predicted octanol–water partition coefficient (Wildman–Crippen LogP) is 4.20. The average molecular weight is 470 g/mol. The summed E-state index contributed by atoms with van der Waals surface area (Å²) in [4.78, 5) is 24.4. The van der Waals surface area contributed by atoms with Crippen molar-refractivity contribution in [1.82, 2.24) is 24.7 Å². The van der Waals surface area contributed by atoms with Gasteiger partial charge in [-0.1, -0.05) is 12.1 Å². The van der Waals surface area contributed by atoms with Crippen molar-refractivity contribution in [3.05, 3.63) is 89.6 Å². The molecule has 0 radical (unpaired) electrons. The van der Waals surface area contributed by atoms with Crippen LogP contribution in [-0.2, 0) is 30.9 Å². The normalized spacial score (nSPS) is 11.4. The molecule has 0 fully saturated rings. The first-order chi connectivity index (χ1) is 16.2. The third-order valence-electron chi connectivity index (χ3n) is 4.92. The number of halogens is 4. The van der Waals surface area contributed by atoms with E-state index in [1.54, 1.807) is 29.3 Å². The van der Waals surface area contributed by atoms with Gasteiger partial charge in [-0.05, 0) is 34.9 Å². The van der Waals surface area contributed by atoms with E-state index in [4.69, 9.17) is 0 Å². The Kier molecular flexibility index (Phi) is 6.35. The van der Waals surface area contributed by atoms with Crippen molar-refractivity contribution in [3.63, 3.8) is 0 Å². The number of carbonyl (C=O) groups excluding carboxylic acids is 1. The number of hydrogen-bond donors (Lipinski definition) is 1. The third kappa shape index (κ3) is 5.61. The summed E-state index contributed by atoms with van der Waals surface area (Å²) in [5, 5.41) is 6.46. The standard InChI is InChI=1S/C23H18F4N6O/c1-33-13-14(9-31-33)6-21-28-10-17(11-29-21)15-2-3-16(19(24)7-15)8-22(34)32-20-5-4-18(12-30-20)23(25,26)27/h2-5,7,9-13H,6,8H2,1H3,(H,30,32,34). The molecule has 0 aliphatic carbocycles. The first-order valence-corrected chi connectivity index (χ1v) is 10.1. The van der Waals surface area contributed by atoms with Crippen molar-refractivity contribution >= 4 is 11.7 Å². The number of aryl methyl sites for hydroxylation is 1. The lowest BCUT2D eigenvalue weighted by Crippen LogP contribution is -2.16. The summed E-state index contributed by atoms with van der Waals surface area (Å²) in [5.74, 6) is -0.671. The topological polar surface area (TPSA) is 85.6 Å². The maximum absolute atomic E-state index is 14.6. The molecule has 0 atom stereocenters. The van der Waals surface area contributed by atoms with E-state index in [2.05, 4.69) is 25.4 Å². The molecule has 0 saturated carbocycles. The highest BCUT2D eigenvalue weighted by molar-refractivity contribution is 5.91. The summed E-state index contributed by atoms with van der Waals surface area (Å²) in [5.41, 5.74) is 1.32. The Bertz CT molecular complexity index is 1300. The highest BCUT2D eigenvalue weighted by Crippen LogP contribution is 2.29. The molecule has 0 unspecified atom stereocenters. The maximum atomic E-state index is 14.6. The Morgan fingerprint density at radius 1 is 1.00 bits per heavy atom. The number of nitrogens with one attached hydrogen (secondary N) is 1. The molecule has 34 heavy (non-hydrogen) atoms. The number of benzene rings is 1. The molecule has 1 aromatic carbocycles. The highest BCUT2D eigenvalue weighted by Gasteiger charge is 2.30. The van der Waals surface area contributed by atoms with Gasteiger partial charge in [-0.25, -0.2) is 19.3 Å². The molecule has 0 aliphatic heterocycles. The number of hydrogen-bond acceptors (Lipinski definition) is 5. The van der Waals surface area contributed by atoms with E-state index in [1.807, 2.05) is 13.2 Å². The molecule has 3 heterocycles. The lowest BCUT2D eigenvalue weighted by Gasteiger charge is -2.09. The predicted molar refractivity (Wildman–Crippen MR) is 115 cm³/mol. The van der Waals surface area contributed by atoms with Gasteiger partial charge in [0.2, 0.25) is 5.91 Å². The van der Waals surface area contributed by atoms with Crippen LogP contribution in [0.1, 0.15) is 22.5 Å². The second kappa shape index (κ2) is 9.38. The van der Waals surface area contributed by atoms with Crippen LogP contribution in [0.25, 0.3) is 11.1 Å². The third-order valence-corrected chi connectivity index (χ3v) is 4.92. The van der Waals surface area contributed by atoms with Crippen molar-refractivity contribution in [3.8, 4) is 11.1 Å². The fourth-order valence-electron chi connectivity index (χ4n) is 3.21. The van der Waals surface area contributed by atoms with E-state index < -0.39 is 23.5 Å². The number of amides is 1. The minimum Gasteiger partial charge on any atom is -0.310 e. The Morgan fingerprint density at radius 3 is 2.35 bits per heavy atom. The summed E-state index contributed by atoms with van der Waals surface area (Å²) < 4.78 is 54.1. The molecule has 1 N–H and O–H groups in total. The van der Waals surface area contributed by atoms with E-state index in [0.29, 0.717) is 29.6 Å². The van der Waals surface area contributed by atoms with Crippen molar-refractivity contribution < 1.29 is 22.4 Å². The number of aromatic nitrogens is 5. The quantitative estimate of drug-likeness (QED) is 0.427. The van der Waals surface area contributed by atoms with E-state index in [9.17, 15) is 22.4 Å². The van der Waals surface area contributed by atoms with Crippen LogP contribution in [-0.4, -0.2) is 30.6 Å². The van der Waals surface area contributed by atoms with Crippen molar-refractivity contribution in [2.24, 2.45) is 7.05 Å². The second-order valence-electron chi connectivity index (χ2n) is 7.55. The number of nitrogens with zero attached hydrogens (tertiary/aromatic N) is 5. The van der Waals surface area contributed by atoms with E-state index in [1.165, 1.54) is 12.1 Å². The van der Waals surface area contributed by atoms with Gasteiger partial charge in [0.25, 0.3) is 0 Å². The zero-order valence-corrected chi connectivity index (χ0v) is 17.8. The Labute approximate surface area is 191 Å². The Hall–Kier alpha value is -4.15. The molecule has 0 spiro atoms. The van der Waals surface area contributed by atoms with Crippen LogP contribution in [0.5, 0.6) is 0 Å². The van der Waals surface area contributed by atoms with Crippen molar-refractivity contribution in [1.29, 1.82) is 0 Å². The summed E-state index contributed by atoms with van der Waals surface area (Å²) >= 11 is 0.